The zero-order valence-corrected chi connectivity index (χ0v) is 22.7. The van der Waals surface area contributed by atoms with Crippen molar-refractivity contribution in [2.45, 2.75) is 71.8 Å². The van der Waals surface area contributed by atoms with Gasteiger partial charge in [0.25, 0.3) is 5.88 Å². The summed E-state index contributed by atoms with van der Waals surface area (Å²) in [5.74, 6) is -0.762. The lowest BCUT2D eigenvalue weighted by Gasteiger charge is -2.24. The lowest BCUT2D eigenvalue weighted by molar-refractivity contribution is -0.155. The molecule has 1 atom stereocenters. The van der Waals surface area contributed by atoms with E-state index < -0.39 is 35.1 Å². The van der Waals surface area contributed by atoms with Gasteiger partial charge < -0.3 is 19.5 Å². The number of amides is 1. The first-order valence-electron chi connectivity index (χ1n) is 11.8. The number of halogens is 2. The fourth-order valence-electron chi connectivity index (χ4n) is 3.11. The van der Waals surface area contributed by atoms with Gasteiger partial charge in [0.15, 0.2) is 5.82 Å². The standard InChI is InChI=1S/C25H30ClFN6O5/c1-24(2,3)37-20(34)12-17(29-23(35)38-25(4,5)6)14-33-31-21(30-32-33)15-7-9-18(10-8-15)36-22-19(27)11-16(26)13-28-22/h7-11,13,17H,12,14H2,1-6H3,(H,29,35). The van der Waals surface area contributed by atoms with Crippen LogP contribution in [0.25, 0.3) is 11.4 Å². The Balaban J connectivity index is 1.70. The van der Waals surface area contributed by atoms with Gasteiger partial charge >= 0.3 is 12.1 Å². The maximum absolute atomic E-state index is 13.9. The number of nitrogens with one attached hydrogen (secondary N) is 1. The number of pyridine rings is 1. The quantitative estimate of drug-likeness (QED) is 0.388. The van der Waals surface area contributed by atoms with E-state index in [2.05, 4.69) is 25.7 Å². The van der Waals surface area contributed by atoms with Crippen molar-refractivity contribution >= 4 is 23.7 Å². The number of hydrogen-bond acceptors (Lipinski definition) is 9. The maximum Gasteiger partial charge on any atom is 0.407 e. The normalized spacial score (nSPS) is 12.5. The zero-order valence-electron chi connectivity index (χ0n) is 22.0. The molecule has 2 aromatic heterocycles. The summed E-state index contributed by atoms with van der Waals surface area (Å²) in [6.45, 7) is 10.5. The minimum absolute atomic E-state index is 0.0359. The SMILES string of the molecule is CC(C)(C)OC(=O)CC(Cn1nnc(-c2ccc(Oc3ncc(Cl)cc3F)cc2)n1)NC(=O)OC(C)(C)C. The Morgan fingerprint density at radius 3 is 2.34 bits per heavy atom. The Morgan fingerprint density at radius 2 is 1.74 bits per heavy atom. The summed E-state index contributed by atoms with van der Waals surface area (Å²) in [7, 11) is 0. The molecular formula is C25H30ClFN6O5. The minimum Gasteiger partial charge on any atom is -0.460 e. The predicted molar refractivity (Wildman–Crippen MR) is 136 cm³/mol. The molecule has 11 nitrogen and oxygen atoms in total. The summed E-state index contributed by atoms with van der Waals surface area (Å²) in [6, 6.07) is 6.92. The van der Waals surface area contributed by atoms with Crippen LogP contribution in [0.3, 0.4) is 0 Å². The fraction of sp³-hybridized carbons (Fsp3) is 0.440. The van der Waals surface area contributed by atoms with Gasteiger partial charge in [0, 0.05) is 11.8 Å². The van der Waals surface area contributed by atoms with Crippen molar-refractivity contribution in [2.75, 3.05) is 0 Å². The van der Waals surface area contributed by atoms with Gasteiger partial charge in [0.1, 0.15) is 17.0 Å². The van der Waals surface area contributed by atoms with Crippen molar-refractivity contribution in [3.63, 3.8) is 0 Å². The number of hydrogen-bond donors (Lipinski definition) is 1. The Hall–Kier alpha value is -3.80. The number of esters is 1. The second kappa shape index (κ2) is 11.7. The molecule has 204 valence electrons. The highest BCUT2D eigenvalue weighted by molar-refractivity contribution is 6.30. The number of alkyl carbamates (subject to hydrolysis) is 1. The van der Waals surface area contributed by atoms with E-state index in [0.29, 0.717) is 17.1 Å². The second-order valence-corrected chi connectivity index (χ2v) is 10.8. The highest BCUT2D eigenvalue weighted by Crippen LogP contribution is 2.26. The summed E-state index contributed by atoms with van der Waals surface area (Å²) >= 11 is 5.71. The van der Waals surface area contributed by atoms with E-state index in [-0.39, 0.29) is 23.9 Å². The molecule has 1 unspecified atom stereocenters. The first kappa shape index (κ1) is 28.8. The molecule has 0 spiro atoms. The van der Waals surface area contributed by atoms with Gasteiger partial charge in [-0.05, 0) is 77.1 Å². The maximum atomic E-state index is 13.9. The molecule has 2 heterocycles. The van der Waals surface area contributed by atoms with Crippen molar-refractivity contribution in [3.05, 3.63) is 47.4 Å². The van der Waals surface area contributed by atoms with E-state index in [0.717, 1.165) is 6.07 Å². The molecule has 0 saturated heterocycles. The molecule has 1 amide bonds. The second-order valence-electron chi connectivity index (χ2n) is 10.4. The van der Waals surface area contributed by atoms with Crippen LogP contribution in [-0.2, 0) is 20.8 Å². The predicted octanol–water partition coefficient (Wildman–Crippen LogP) is 4.95. The van der Waals surface area contributed by atoms with Crippen LogP contribution >= 0.6 is 11.6 Å². The molecule has 0 radical (unpaired) electrons. The van der Waals surface area contributed by atoms with E-state index in [4.69, 9.17) is 25.8 Å². The average molecular weight is 549 g/mol. The smallest absolute Gasteiger partial charge is 0.407 e. The number of rotatable bonds is 8. The highest BCUT2D eigenvalue weighted by atomic mass is 35.5. The number of tetrazole rings is 1. The number of aromatic nitrogens is 5. The molecule has 0 aliphatic rings. The van der Waals surface area contributed by atoms with Crippen molar-refractivity contribution in [3.8, 4) is 23.0 Å². The molecule has 0 saturated carbocycles. The summed E-state index contributed by atoms with van der Waals surface area (Å²) in [5, 5.41) is 15.3. The number of carbonyl (C=O) groups is 2. The minimum atomic E-state index is -0.723. The Morgan fingerprint density at radius 1 is 1.08 bits per heavy atom. The van der Waals surface area contributed by atoms with E-state index in [1.807, 2.05) is 0 Å². The summed E-state index contributed by atoms with van der Waals surface area (Å²) in [5.41, 5.74) is -0.793. The fourth-order valence-corrected chi connectivity index (χ4v) is 3.26. The van der Waals surface area contributed by atoms with Gasteiger partial charge in [0.05, 0.1) is 24.0 Å². The van der Waals surface area contributed by atoms with Crippen LogP contribution in [0.2, 0.25) is 5.02 Å². The number of carbonyl (C=O) groups excluding carboxylic acids is 2. The Bertz CT molecular complexity index is 1240. The Labute approximate surface area is 224 Å². The van der Waals surface area contributed by atoms with Crippen LogP contribution in [0.5, 0.6) is 11.6 Å². The zero-order chi connectivity index (χ0) is 28.1. The number of nitrogens with zero attached hydrogens (tertiary/aromatic N) is 5. The van der Waals surface area contributed by atoms with Gasteiger partial charge in [-0.15, -0.1) is 10.2 Å². The average Bonchev–Trinajstić information content (AvgIpc) is 3.21. The van der Waals surface area contributed by atoms with Crippen molar-refractivity contribution in [1.29, 1.82) is 0 Å². The molecule has 13 heteroatoms. The topological polar surface area (TPSA) is 130 Å². The van der Waals surface area contributed by atoms with E-state index in [1.165, 1.54) is 11.0 Å². The lowest BCUT2D eigenvalue weighted by atomic mass is 10.1. The lowest BCUT2D eigenvalue weighted by Crippen LogP contribution is -2.43. The van der Waals surface area contributed by atoms with Crippen molar-refractivity contribution in [2.24, 2.45) is 0 Å². The summed E-state index contributed by atoms with van der Waals surface area (Å²) in [6.07, 6.45) is 0.465. The van der Waals surface area contributed by atoms with Crippen LogP contribution in [-0.4, -0.2) is 54.5 Å². The van der Waals surface area contributed by atoms with Crippen LogP contribution in [0.4, 0.5) is 9.18 Å². The van der Waals surface area contributed by atoms with E-state index in [1.54, 1.807) is 65.8 Å². The van der Waals surface area contributed by atoms with Crippen LogP contribution in [0, 0.1) is 5.82 Å². The summed E-state index contributed by atoms with van der Waals surface area (Å²) in [4.78, 5) is 29.9. The van der Waals surface area contributed by atoms with Gasteiger partial charge in [-0.2, -0.15) is 4.80 Å². The molecule has 0 fully saturated rings. The van der Waals surface area contributed by atoms with Crippen molar-refractivity contribution < 1.29 is 28.2 Å². The first-order chi connectivity index (χ1) is 17.7. The third-order valence-corrected chi connectivity index (χ3v) is 4.70. The molecule has 3 rings (SSSR count). The third-order valence-electron chi connectivity index (χ3n) is 4.49. The van der Waals surface area contributed by atoms with Gasteiger partial charge in [0.2, 0.25) is 5.82 Å². The molecule has 38 heavy (non-hydrogen) atoms. The molecule has 1 N–H and O–H groups in total. The highest BCUT2D eigenvalue weighted by Gasteiger charge is 2.25. The Kier molecular flexibility index (Phi) is 8.87. The van der Waals surface area contributed by atoms with Gasteiger partial charge in [-0.25, -0.2) is 14.2 Å². The first-order valence-corrected chi connectivity index (χ1v) is 12.1. The molecule has 3 aromatic rings. The number of ether oxygens (including phenoxy) is 3. The van der Waals surface area contributed by atoms with Crippen LogP contribution < -0.4 is 10.1 Å². The molecular weight excluding hydrogens is 519 g/mol. The molecule has 0 bridgehead atoms. The van der Waals surface area contributed by atoms with Crippen LogP contribution in [0.15, 0.2) is 36.5 Å². The van der Waals surface area contributed by atoms with Gasteiger partial charge in [-0.1, -0.05) is 11.6 Å². The third kappa shape index (κ3) is 9.25. The number of benzene rings is 1. The molecule has 0 aliphatic heterocycles. The van der Waals surface area contributed by atoms with E-state index >= 15 is 0 Å². The van der Waals surface area contributed by atoms with Crippen molar-refractivity contribution in [1.82, 2.24) is 30.5 Å². The largest absolute Gasteiger partial charge is 0.460 e. The van der Waals surface area contributed by atoms with Gasteiger partial charge in [-0.3, -0.25) is 4.79 Å². The monoisotopic (exact) mass is 548 g/mol. The van der Waals surface area contributed by atoms with E-state index in [9.17, 15) is 14.0 Å². The molecule has 0 aliphatic carbocycles. The van der Waals surface area contributed by atoms with Crippen LogP contribution in [0.1, 0.15) is 48.0 Å². The summed E-state index contributed by atoms with van der Waals surface area (Å²) < 4.78 is 30.1. The molecule has 1 aromatic carbocycles.